The number of hydrogen-bond acceptors (Lipinski definition) is 6. The minimum absolute atomic E-state index is 0.0551. The van der Waals surface area contributed by atoms with Gasteiger partial charge in [0.15, 0.2) is 5.65 Å². The van der Waals surface area contributed by atoms with Crippen LogP contribution in [-0.4, -0.2) is 88.9 Å². The number of likely N-dealkylation sites (N-methyl/N-ethyl adjacent to an activating group) is 2. The van der Waals surface area contributed by atoms with E-state index >= 15 is 0 Å². The summed E-state index contributed by atoms with van der Waals surface area (Å²) >= 11 is 0. The van der Waals surface area contributed by atoms with E-state index in [0.717, 1.165) is 31.2 Å². The minimum Gasteiger partial charge on any atom is -0.358 e. The predicted molar refractivity (Wildman–Crippen MR) is 166 cm³/mol. The van der Waals surface area contributed by atoms with Gasteiger partial charge in [0.2, 0.25) is 18.2 Å². The molecule has 3 N–H and O–H groups in total. The van der Waals surface area contributed by atoms with E-state index in [9.17, 15) is 19.2 Å². The van der Waals surface area contributed by atoms with Crippen LogP contribution in [0.1, 0.15) is 64.5 Å². The molecule has 3 aromatic rings. The third-order valence-corrected chi connectivity index (χ3v) is 7.44. The summed E-state index contributed by atoms with van der Waals surface area (Å²) in [5.41, 5.74) is 2.54. The Morgan fingerprint density at radius 3 is 2.36 bits per heavy atom. The quantitative estimate of drug-likeness (QED) is 0.316. The number of aromatic nitrogens is 3. The van der Waals surface area contributed by atoms with Crippen molar-refractivity contribution in [2.24, 2.45) is 0 Å². The molecule has 0 saturated carbocycles. The van der Waals surface area contributed by atoms with Gasteiger partial charge in [-0.15, -0.1) is 0 Å². The highest BCUT2D eigenvalue weighted by atomic mass is 16.2. The van der Waals surface area contributed by atoms with Gasteiger partial charge in [0.05, 0.1) is 18.1 Å². The van der Waals surface area contributed by atoms with E-state index < -0.39 is 0 Å². The maximum absolute atomic E-state index is 12.5. The molecule has 42 heavy (non-hydrogen) atoms. The van der Waals surface area contributed by atoms with E-state index in [2.05, 4.69) is 39.7 Å². The normalized spacial score (nSPS) is 14.5. The summed E-state index contributed by atoms with van der Waals surface area (Å²) in [7, 11) is 3.33. The van der Waals surface area contributed by atoms with Crippen molar-refractivity contribution >= 4 is 29.4 Å². The molecule has 1 aliphatic heterocycles. The Kier molecular flexibility index (Phi) is 14.5. The number of piperidine rings is 1. The van der Waals surface area contributed by atoms with E-state index in [-0.39, 0.29) is 42.1 Å². The molecule has 0 radical (unpaired) electrons. The molecule has 230 valence electrons. The number of pyridine rings is 1. The number of benzene rings is 1. The van der Waals surface area contributed by atoms with Crippen LogP contribution in [0.15, 0.2) is 53.5 Å². The van der Waals surface area contributed by atoms with Gasteiger partial charge < -0.3 is 20.4 Å². The number of hydrogen-bond donors (Lipinski definition) is 3. The largest absolute Gasteiger partial charge is 0.358 e. The fourth-order valence-electron chi connectivity index (χ4n) is 4.91. The van der Waals surface area contributed by atoms with Gasteiger partial charge >= 0.3 is 5.69 Å². The maximum Gasteiger partial charge on any atom is 0.327 e. The molecule has 11 heteroatoms. The van der Waals surface area contributed by atoms with Crippen molar-refractivity contribution in [2.45, 2.75) is 65.0 Å². The summed E-state index contributed by atoms with van der Waals surface area (Å²) in [4.78, 5) is 57.2. The molecule has 1 aliphatic rings. The molecule has 0 bridgehead atoms. The molecule has 2 atom stereocenters. The number of H-pyrrole nitrogens is 1. The Labute approximate surface area is 248 Å². The predicted octanol–water partition coefficient (Wildman–Crippen LogP) is 2.91. The molecule has 3 heterocycles. The Hall–Kier alpha value is -3.99. The summed E-state index contributed by atoms with van der Waals surface area (Å²) in [5, 5.41) is 5.53. The van der Waals surface area contributed by atoms with Gasteiger partial charge in [-0.25, -0.2) is 9.78 Å². The average Bonchev–Trinajstić information content (AvgIpc) is 3.39. The fraction of sp³-hybridized carbons (Fsp3) is 0.516. The van der Waals surface area contributed by atoms with Crippen LogP contribution < -0.4 is 16.3 Å². The van der Waals surface area contributed by atoms with Crippen LogP contribution in [0.25, 0.3) is 11.2 Å². The van der Waals surface area contributed by atoms with Crippen molar-refractivity contribution in [3.63, 3.8) is 0 Å². The molecule has 1 fully saturated rings. The topological polar surface area (TPSA) is 132 Å². The van der Waals surface area contributed by atoms with Gasteiger partial charge in [0.1, 0.15) is 0 Å². The van der Waals surface area contributed by atoms with Gasteiger partial charge in [-0.2, -0.15) is 0 Å². The summed E-state index contributed by atoms with van der Waals surface area (Å²) in [5.74, 6) is 0.0129. The number of aromatic amines is 1. The summed E-state index contributed by atoms with van der Waals surface area (Å²) < 4.78 is 1.77. The second-order valence-electron chi connectivity index (χ2n) is 9.96. The highest BCUT2D eigenvalue weighted by molar-refractivity contribution is 5.87. The van der Waals surface area contributed by atoms with E-state index in [1.54, 1.807) is 34.7 Å². The molecule has 2 aromatic heterocycles. The second-order valence-corrected chi connectivity index (χ2v) is 9.96. The smallest absolute Gasteiger partial charge is 0.327 e. The van der Waals surface area contributed by atoms with E-state index in [1.807, 2.05) is 51.1 Å². The summed E-state index contributed by atoms with van der Waals surface area (Å²) in [6.45, 7) is 9.94. The lowest BCUT2D eigenvalue weighted by molar-refractivity contribution is -0.137. The number of rotatable bonds is 10. The van der Waals surface area contributed by atoms with Crippen molar-refractivity contribution in [2.75, 3.05) is 40.3 Å². The van der Waals surface area contributed by atoms with Gasteiger partial charge in [0, 0.05) is 44.8 Å². The number of amides is 3. The number of carbonyl (C=O) groups is 3. The zero-order chi connectivity index (χ0) is 31.1. The molecular formula is C31H47N7O4. The first kappa shape index (κ1) is 34.2. The van der Waals surface area contributed by atoms with Crippen LogP contribution in [0.3, 0.4) is 0 Å². The molecule has 0 spiro atoms. The lowest BCUT2D eigenvalue weighted by Crippen LogP contribution is -2.48. The van der Waals surface area contributed by atoms with Crippen LogP contribution in [-0.2, 0) is 14.4 Å². The molecule has 4 rings (SSSR count). The van der Waals surface area contributed by atoms with E-state index in [4.69, 9.17) is 0 Å². The monoisotopic (exact) mass is 581 g/mol. The standard InChI is InChI=1S/C17H27N3O2.C12H14N4O2.C2H6/c1-5-14(15-9-7-6-8-10-15)11-20(12-16(21)19-4)17(22)13(2)18-3;17-8-15-6-3-9(4-7-15)16-10-2-1-5-13-11(10)14-12(16)18;1-2/h6-10,13-14,18H,5,11-12H2,1-4H3,(H,19,21);1-2,5,8-9H,3-4,6-7H2,(H,13,14,18);1-2H3. The number of fused-ring (bicyclic) bond motifs is 1. The molecule has 3 amide bonds. The number of carbonyl (C=O) groups excluding carboxylic acids is 3. The fourth-order valence-corrected chi connectivity index (χ4v) is 4.91. The van der Waals surface area contributed by atoms with Crippen molar-refractivity contribution in [1.82, 2.24) is 35.0 Å². The number of nitrogens with zero attached hydrogens (tertiary/aromatic N) is 4. The number of imidazole rings is 1. The molecule has 11 nitrogen and oxygen atoms in total. The lowest BCUT2D eigenvalue weighted by Gasteiger charge is -2.29. The van der Waals surface area contributed by atoms with Crippen molar-refractivity contribution in [1.29, 1.82) is 0 Å². The van der Waals surface area contributed by atoms with Gasteiger partial charge in [-0.3, -0.25) is 23.9 Å². The molecule has 2 unspecified atom stereocenters. The van der Waals surface area contributed by atoms with Crippen LogP contribution >= 0.6 is 0 Å². The van der Waals surface area contributed by atoms with Crippen LogP contribution in [0.2, 0.25) is 0 Å². The van der Waals surface area contributed by atoms with E-state index in [1.165, 1.54) is 5.56 Å². The Balaban J connectivity index is 0.000000281. The van der Waals surface area contributed by atoms with Gasteiger partial charge in [0.25, 0.3) is 0 Å². The zero-order valence-electron chi connectivity index (χ0n) is 25.8. The minimum atomic E-state index is -0.307. The third kappa shape index (κ3) is 9.27. The molecule has 0 aliphatic carbocycles. The van der Waals surface area contributed by atoms with Crippen LogP contribution in [0, 0.1) is 0 Å². The summed E-state index contributed by atoms with van der Waals surface area (Å²) in [6.07, 6.45) is 5.06. The van der Waals surface area contributed by atoms with Gasteiger partial charge in [-0.1, -0.05) is 51.1 Å². The van der Waals surface area contributed by atoms with Crippen LogP contribution in [0.5, 0.6) is 0 Å². The van der Waals surface area contributed by atoms with Gasteiger partial charge in [-0.05, 0) is 50.9 Å². The average molecular weight is 582 g/mol. The SMILES string of the molecule is CC.CCC(CN(CC(=O)NC)C(=O)C(C)NC)c1ccccc1.O=CN1CCC(n2c(=O)[nH]c3ncccc32)CC1. The number of likely N-dealkylation sites (tertiary alicyclic amines) is 1. The first-order valence-corrected chi connectivity index (χ1v) is 14.8. The van der Waals surface area contributed by atoms with Crippen molar-refractivity contribution < 1.29 is 14.4 Å². The summed E-state index contributed by atoms with van der Waals surface area (Å²) in [6, 6.07) is 13.7. The van der Waals surface area contributed by atoms with Crippen LogP contribution in [0.4, 0.5) is 0 Å². The Morgan fingerprint density at radius 1 is 1.12 bits per heavy atom. The molecular weight excluding hydrogens is 534 g/mol. The highest BCUT2D eigenvalue weighted by Crippen LogP contribution is 2.23. The highest BCUT2D eigenvalue weighted by Gasteiger charge is 2.25. The third-order valence-electron chi connectivity index (χ3n) is 7.44. The molecule has 1 aromatic carbocycles. The second kappa shape index (κ2) is 17.7. The van der Waals surface area contributed by atoms with Crippen molar-refractivity contribution in [3.8, 4) is 0 Å². The van der Waals surface area contributed by atoms with Crippen molar-refractivity contribution in [3.05, 3.63) is 64.7 Å². The first-order chi connectivity index (χ1) is 20.3. The Bertz CT molecular complexity index is 1300. The zero-order valence-corrected chi connectivity index (χ0v) is 25.8. The first-order valence-electron chi connectivity index (χ1n) is 14.8. The molecule has 1 saturated heterocycles. The maximum atomic E-state index is 12.5. The number of nitrogens with one attached hydrogen (secondary N) is 3. The lowest BCUT2D eigenvalue weighted by atomic mass is 9.95. The Morgan fingerprint density at radius 2 is 1.79 bits per heavy atom. The van der Waals surface area contributed by atoms with E-state index in [0.29, 0.717) is 25.3 Å².